The molecule has 0 radical (unpaired) electrons. The van der Waals surface area contributed by atoms with Crippen LogP contribution >= 0.6 is 11.3 Å². The van der Waals surface area contributed by atoms with E-state index in [0.29, 0.717) is 27.6 Å². The van der Waals surface area contributed by atoms with Crippen LogP contribution < -0.4 is 16.0 Å². The van der Waals surface area contributed by atoms with Gasteiger partial charge in [-0.15, -0.1) is 11.3 Å². The molecule has 164 valence electrons. The number of nitrogens with one attached hydrogen (secondary N) is 3. The quantitative estimate of drug-likeness (QED) is 0.462. The zero-order valence-corrected chi connectivity index (χ0v) is 17.9. The average Bonchev–Trinajstić information content (AvgIpc) is 3.40. The van der Waals surface area contributed by atoms with Crippen molar-refractivity contribution in [3.8, 4) is 0 Å². The first-order chi connectivity index (χ1) is 14.9. The largest absolute Gasteiger partial charge is 0.481 e. The van der Waals surface area contributed by atoms with E-state index in [0.717, 1.165) is 25.7 Å². The number of benzene rings is 1. The van der Waals surface area contributed by atoms with Crippen LogP contribution in [0.4, 0.5) is 15.6 Å². The maximum Gasteiger partial charge on any atom is 0.325 e. The van der Waals surface area contributed by atoms with Gasteiger partial charge in [-0.1, -0.05) is 18.9 Å². The molecular weight excluding hydrogens is 420 g/mol. The van der Waals surface area contributed by atoms with Gasteiger partial charge in [-0.25, -0.2) is 9.78 Å². The predicted molar refractivity (Wildman–Crippen MR) is 117 cm³/mol. The molecule has 1 fully saturated rings. The molecule has 3 rings (SSSR count). The number of urea groups is 1. The molecule has 10 heteroatoms. The predicted octanol–water partition coefficient (Wildman–Crippen LogP) is 3.08. The van der Waals surface area contributed by atoms with E-state index in [9.17, 15) is 19.2 Å². The second-order valence-corrected chi connectivity index (χ2v) is 8.23. The number of carboxylic acids is 1. The second-order valence-electron chi connectivity index (χ2n) is 7.37. The molecule has 0 bridgehead atoms. The maximum absolute atomic E-state index is 13.0. The average molecular weight is 445 g/mol. The lowest BCUT2D eigenvalue weighted by Crippen LogP contribution is -2.23. The highest BCUT2D eigenvalue weighted by atomic mass is 32.1. The lowest BCUT2D eigenvalue weighted by molar-refractivity contribution is -0.136. The number of nitrogens with zero attached hydrogens (tertiary/aromatic N) is 1. The molecule has 0 aliphatic heterocycles. The molecule has 1 aromatic carbocycles. The molecule has 0 unspecified atom stereocenters. The number of ketones is 1. The van der Waals surface area contributed by atoms with Crippen molar-refractivity contribution < 1.29 is 24.3 Å². The zero-order chi connectivity index (χ0) is 22.4. The number of rotatable bonds is 8. The molecule has 3 amide bonds. The first kappa shape index (κ1) is 22.4. The first-order valence-corrected chi connectivity index (χ1v) is 10.9. The van der Waals surface area contributed by atoms with E-state index < -0.39 is 12.0 Å². The van der Waals surface area contributed by atoms with E-state index in [2.05, 4.69) is 20.9 Å². The fourth-order valence-corrected chi connectivity index (χ4v) is 4.25. The Kier molecular flexibility index (Phi) is 7.35. The Morgan fingerprint density at radius 3 is 2.55 bits per heavy atom. The molecule has 0 saturated heterocycles. The number of amides is 3. The summed E-state index contributed by atoms with van der Waals surface area (Å²) in [5.41, 5.74) is 1.68. The van der Waals surface area contributed by atoms with Crippen molar-refractivity contribution >= 4 is 45.8 Å². The molecule has 0 spiro atoms. The SMILES string of the molecule is CNC(=O)Cc1csc(NC(=O)Nc2ccc(CC(=O)O)cc2C(=O)C2CCCC2)n1. The summed E-state index contributed by atoms with van der Waals surface area (Å²) in [6.07, 6.45) is 3.46. The normalized spacial score (nSPS) is 13.6. The zero-order valence-electron chi connectivity index (χ0n) is 17.1. The fraction of sp³-hybridized carbons (Fsp3) is 0.381. The Labute approximate surface area is 183 Å². The number of carbonyl (C=O) groups is 4. The molecule has 1 heterocycles. The standard InChI is InChI=1S/C21H24N4O5S/c1-22-17(26)10-14-11-31-21(23-14)25-20(30)24-16-7-6-12(9-18(27)28)8-15(16)19(29)13-4-2-3-5-13/h6-8,11,13H,2-5,9-10H2,1H3,(H,22,26)(H,27,28)(H2,23,24,25,30). The lowest BCUT2D eigenvalue weighted by atomic mass is 9.93. The molecule has 1 saturated carbocycles. The monoisotopic (exact) mass is 444 g/mol. The number of hydrogen-bond donors (Lipinski definition) is 4. The number of likely N-dealkylation sites (N-methyl/N-ethyl adjacent to an activating group) is 1. The van der Waals surface area contributed by atoms with Crippen LogP contribution in [0.3, 0.4) is 0 Å². The van der Waals surface area contributed by atoms with Gasteiger partial charge in [0.1, 0.15) is 0 Å². The van der Waals surface area contributed by atoms with Gasteiger partial charge >= 0.3 is 12.0 Å². The van der Waals surface area contributed by atoms with Crippen LogP contribution in [0.5, 0.6) is 0 Å². The van der Waals surface area contributed by atoms with Crippen molar-refractivity contribution in [2.45, 2.75) is 38.5 Å². The van der Waals surface area contributed by atoms with Gasteiger partial charge < -0.3 is 15.7 Å². The molecule has 1 aliphatic carbocycles. The summed E-state index contributed by atoms with van der Waals surface area (Å²) in [5.74, 6) is -1.37. The van der Waals surface area contributed by atoms with Crippen molar-refractivity contribution in [1.29, 1.82) is 0 Å². The van der Waals surface area contributed by atoms with Crippen molar-refractivity contribution in [3.63, 3.8) is 0 Å². The Hall–Kier alpha value is -3.27. The smallest absolute Gasteiger partial charge is 0.325 e. The molecule has 1 aliphatic rings. The van der Waals surface area contributed by atoms with Crippen LogP contribution in [0.2, 0.25) is 0 Å². The highest BCUT2D eigenvalue weighted by molar-refractivity contribution is 7.14. The molecule has 0 atom stereocenters. The molecule has 2 aromatic rings. The van der Waals surface area contributed by atoms with E-state index in [1.165, 1.54) is 18.4 Å². The van der Waals surface area contributed by atoms with Gasteiger partial charge in [0.15, 0.2) is 10.9 Å². The van der Waals surface area contributed by atoms with Gasteiger partial charge in [0.05, 0.1) is 24.2 Å². The van der Waals surface area contributed by atoms with Crippen molar-refractivity contribution in [3.05, 3.63) is 40.4 Å². The Morgan fingerprint density at radius 2 is 1.87 bits per heavy atom. The Balaban J connectivity index is 1.74. The van der Waals surface area contributed by atoms with Crippen molar-refractivity contribution in [2.75, 3.05) is 17.7 Å². The number of Topliss-reactive ketones (excluding diaryl/α,β-unsaturated/α-hetero) is 1. The third-order valence-corrected chi connectivity index (χ3v) is 5.88. The molecular formula is C21H24N4O5S. The summed E-state index contributed by atoms with van der Waals surface area (Å²) < 4.78 is 0. The number of carbonyl (C=O) groups excluding carboxylic acids is 3. The van der Waals surface area contributed by atoms with Gasteiger partial charge in [-0.3, -0.25) is 19.7 Å². The number of carboxylic acid groups (broad SMARTS) is 1. The van der Waals surface area contributed by atoms with Gasteiger partial charge in [0, 0.05) is 23.9 Å². The summed E-state index contributed by atoms with van der Waals surface area (Å²) in [6.45, 7) is 0. The number of aliphatic carboxylic acids is 1. The van der Waals surface area contributed by atoms with Crippen LogP contribution in [-0.4, -0.2) is 40.8 Å². The van der Waals surface area contributed by atoms with Gasteiger partial charge in [0.25, 0.3) is 0 Å². The van der Waals surface area contributed by atoms with Crippen LogP contribution in [0.15, 0.2) is 23.6 Å². The summed E-state index contributed by atoms with van der Waals surface area (Å²) in [6, 6.07) is 4.11. The third-order valence-electron chi connectivity index (χ3n) is 5.07. The Morgan fingerprint density at radius 1 is 1.13 bits per heavy atom. The van der Waals surface area contributed by atoms with Gasteiger partial charge in [-0.2, -0.15) is 0 Å². The summed E-state index contributed by atoms with van der Waals surface area (Å²) in [5, 5.41) is 18.9. The molecule has 9 nitrogen and oxygen atoms in total. The topological polar surface area (TPSA) is 137 Å². The highest BCUT2D eigenvalue weighted by Gasteiger charge is 2.26. The second kappa shape index (κ2) is 10.2. The van der Waals surface area contributed by atoms with E-state index in [4.69, 9.17) is 5.11 Å². The molecule has 1 aromatic heterocycles. The molecule has 31 heavy (non-hydrogen) atoms. The summed E-state index contributed by atoms with van der Waals surface area (Å²) in [4.78, 5) is 52.2. The van der Waals surface area contributed by atoms with Crippen LogP contribution in [0, 0.1) is 5.92 Å². The van der Waals surface area contributed by atoms with E-state index >= 15 is 0 Å². The summed E-state index contributed by atoms with van der Waals surface area (Å²) in [7, 11) is 1.54. The van der Waals surface area contributed by atoms with Gasteiger partial charge in [0.2, 0.25) is 5.91 Å². The van der Waals surface area contributed by atoms with Crippen molar-refractivity contribution in [1.82, 2.24) is 10.3 Å². The van der Waals surface area contributed by atoms with E-state index in [1.807, 2.05) is 0 Å². The van der Waals surface area contributed by atoms with Crippen LogP contribution in [0.1, 0.15) is 47.3 Å². The fourth-order valence-electron chi connectivity index (χ4n) is 3.55. The van der Waals surface area contributed by atoms with E-state index in [1.54, 1.807) is 23.6 Å². The van der Waals surface area contributed by atoms with Crippen LogP contribution in [0.25, 0.3) is 0 Å². The minimum absolute atomic E-state index is 0.0813. The van der Waals surface area contributed by atoms with Gasteiger partial charge in [-0.05, 0) is 30.5 Å². The maximum atomic E-state index is 13.0. The minimum Gasteiger partial charge on any atom is -0.481 e. The number of hydrogen-bond acceptors (Lipinski definition) is 6. The minimum atomic E-state index is -0.992. The van der Waals surface area contributed by atoms with Crippen LogP contribution in [-0.2, 0) is 22.4 Å². The van der Waals surface area contributed by atoms with Crippen molar-refractivity contribution in [2.24, 2.45) is 5.92 Å². The highest BCUT2D eigenvalue weighted by Crippen LogP contribution is 2.31. The third kappa shape index (κ3) is 6.11. The number of thiazole rings is 1. The number of anilines is 2. The Bertz CT molecular complexity index is 997. The molecule has 4 N–H and O–H groups in total. The summed E-state index contributed by atoms with van der Waals surface area (Å²) >= 11 is 1.19. The first-order valence-electron chi connectivity index (χ1n) is 9.97. The number of aromatic nitrogens is 1. The van der Waals surface area contributed by atoms with E-state index in [-0.39, 0.29) is 30.4 Å². The lowest BCUT2D eigenvalue weighted by Gasteiger charge is -2.15.